The van der Waals surface area contributed by atoms with Crippen LogP contribution in [0.25, 0.3) is 0 Å². The highest BCUT2D eigenvalue weighted by atomic mass is 16.5. The van der Waals surface area contributed by atoms with Crippen LogP contribution < -0.4 is 4.74 Å². The molecule has 0 amide bonds. The summed E-state index contributed by atoms with van der Waals surface area (Å²) in [5.74, 6) is 4.01. The van der Waals surface area contributed by atoms with E-state index in [0.717, 1.165) is 48.5 Å². The molecule has 3 nitrogen and oxygen atoms in total. The van der Waals surface area contributed by atoms with E-state index in [0.29, 0.717) is 23.5 Å². The van der Waals surface area contributed by atoms with Crippen LogP contribution in [-0.2, 0) is 6.42 Å². The van der Waals surface area contributed by atoms with Crippen molar-refractivity contribution >= 4 is 0 Å². The number of benzene rings is 1. The normalized spacial score (nSPS) is 24.1. The number of ether oxygens (including phenoxy) is 1. The van der Waals surface area contributed by atoms with E-state index in [4.69, 9.17) is 4.74 Å². The van der Waals surface area contributed by atoms with Gasteiger partial charge in [0, 0.05) is 0 Å². The molecule has 0 bridgehead atoms. The number of nitrogens with zero attached hydrogens (tertiary/aromatic N) is 2. The van der Waals surface area contributed by atoms with Gasteiger partial charge in [-0.05, 0) is 61.0 Å². The summed E-state index contributed by atoms with van der Waals surface area (Å²) in [6.45, 7) is 5.22. The van der Waals surface area contributed by atoms with Crippen molar-refractivity contribution in [1.82, 2.24) is 0 Å². The predicted octanol–water partition coefficient (Wildman–Crippen LogP) is 9.51. The van der Waals surface area contributed by atoms with E-state index in [1.54, 1.807) is 0 Å². The van der Waals surface area contributed by atoms with Crippen molar-refractivity contribution in [3.8, 4) is 17.9 Å². The van der Waals surface area contributed by atoms with E-state index >= 15 is 0 Å². The van der Waals surface area contributed by atoms with Gasteiger partial charge in [-0.3, -0.25) is 0 Å². The monoisotopic (exact) mass is 490 g/mol. The minimum Gasteiger partial charge on any atom is -0.492 e. The number of hydrogen-bond acceptors (Lipinski definition) is 3. The first-order valence-corrected chi connectivity index (χ1v) is 15.3. The van der Waals surface area contributed by atoms with Gasteiger partial charge in [0.05, 0.1) is 12.2 Å². The third kappa shape index (κ3) is 8.54. The smallest absolute Gasteiger partial charge is 0.138 e. The Kier molecular flexibility index (Phi) is 12.7. The molecular formula is C33H50N2O. The lowest BCUT2D eigenvalue weighted by molar-refractivity contribution is 0.193. The van der Waals surface area contributed by atoms with Crippen molar-refractivity contribution in [3.63, 3.8) is 0 Å². The van der Waals surface area contributed by atoms with Gasteiger partial charge >= 0.3 is 0 Å². The number of nitriles is 2. The molecule has 2 aliphatic rings. The Morgan fingerprint density at radius 1 is 0.722 bits per heavy atom. The SMILES string of the molecule is CCCCCC1CCC(CCc2ccc(OCCCC3CCCCC3CCC)c(C#N)c2C#N)CC1. The molecule has 2 fully saturated rings. The molecule has 0 radical (unpaired) electrons. The molecule has 2 atom stereocenters. The van der Waals surface area contributed by atoms with Gasteiger partial charge in [0.2, 0.25) is 0 Å². The van der Waals surface area contributed by atoms with Crippen LogP contribution in [-0.4, -0.2) is 6.61 Å². The standard InChI is InChI=1S/C33H50N2O/c1-3-5-6-11-26-15-17-27(18-16-26)19-20-30-21-22-33(32(25-35)31(30)24-34)36-23-9-14-29-13-8-7-12-28(29)10-4-2/h21-22,26-29H,3-20,23H2,1-2H3. The molecule has 0 heterocycles. The summed E-state index contributed by atoms with van der Waals surface area (Å²) in [5, 5.41) is 19.8. The molecule has 2 unspecified atom stereocenters. The Balaban J connectivity index is 1.48. The molecule has 2 aliphatic carbocycles. The first-order valence-electron chi connectivity index (χ1n) is 15.3. The van der Waals surface area contributed by atoms with Gasteiger partial charge < -0.3 is 4.74 Å². The second-order valence-corrected chi connectivity index (χ2v) is 11.7. The van der Waals surface area contributed by atoms with Gasteiger partial charge in [-0.25, -0.2) is 0 Å². The quantitative estimate of drug-likeness (QED) is 0.244. The first kappa shape index (κ1) is 28.6. The van der Waals surface area contributed by atoms with E-state index in [-0.39, 0.29) is 0 Å². The van der Waals surface area contributed by atoms with Gasteiger partial charge in [-0.1, -0.05) is 110 Å². The Labute approximate surface area is 221 Å². The lowest BCUT2D eigenvalue weighted by Gasteiger charge is -2.31. The molecular weight excluding hydrogens is 440 g/mol. The highest BCUT2D eigenvalue weighted by Gasteiger charge is 2.24. The molecule has 0 spiro atoms. The molecule has 0 aliphatic heterocycles. The lowest BCUT2D eigenvalue weighted by atomic mass is 9.75. The molecule has 0 saturated heterocycles. The second kappa shape index (κ2) is 16.0. The molecule has 2 saturated carbocycles. The van der Waals surface area contributed by atoms with E-state index < -0.39 is 0 Å². The maximum absolute atomic E-state index is 9.89. The third-order valence-electron chi connectivity index (χ3n) is 9.18. The summed E-state index contributed by atoms with van der Waals surface area (Å²) in [4.78, 5) is 0. The number of rotatable bonds is 14. The van der Waals surface area contributed by atoms with Crippen LogP contribution in [0.2, 0.25) is 0 Å². The Bertz CT molecular complexity index is 854. The number of aryl methyl sites for hydroxylation is 1. The van der Waals surface area contributed by atoms with Gasteiger partial charge in [0.15, 0.2) is 0 Å². The van der Waals surface area contributed by atoms with Crippen molar-refractivity contribution in [2.45, 2.75) is 129 Å². The van der Waals surface area contributed by atoms with E-state index in [9.17, 15) is 10.5 Å². The third-order valence-corrected chi connectivity index (χ3v) is 9.18. The van der Waals surface area contributed by atoms with Crippen molar-refractivity contribution in [1.29, 1.82) is 10.5 Å². The summed E-state index contributed by atoms with van der Waals surface area (Å²) >= 11 is 0. The summed E-state index contributed by atoms with van der Waals surface area (Å²) in [5.41, 5.74) is 2.01. The van der Waals surface area contributed by atoms with Gasteiger partial charge in [-0.15, -0.1) is 0 Å². The Hall–Kier alpha value is -2.00. The highest BCUT2D eigenvalue weighted by Crippen LogP contribution is 2.37. The highest BCUT2D eigenvalue weighted by molar-refractivity contribution is 5.57. The van der Waals surface area contributed by atoms with Gasteiger partial charge in [0.1, 0.15) is 23.5 Å². The first-order chi connectivity index (χ1) is 17.7. The molecule has 1 aromatic rings. The molecule has 3 rings (SSSR count). The summed E-state index contributed by atoms with van der Waals surface area (Å²) in [6.07, 6.45) is 23.3. The maximum atomic E-state index is 9.89. The fraction of sp³-hybridized carbons (Fsp3) is 0.758. The fourth-order valence-electron chi connectivity index (χ4n) is 6.99. The molecule has 36 heavy (non-hydrogen) atoms. The van der Waals surface area contributed by atoms with Crippen LogP contribution in [0.5, 0.6) is 5.75 Å². The van der Waals surface area contributed by atoms with Crippen LogP contribution in [0.1, 0.15) is 140 Å². The van der Waals surface area contributed by atoms with Crippen molar-refractivity contribution in [2.24, 2.45) is 23.7 Å². The Morgan fingerprint density at radius 2 is 1.39 bits per heavy atom. The second-order valence-electron chi connectivity index (χ2n) is 11.7. The van der Waals surface area contributed by atoms with E-state index in [2.05, 4.69) is 26.0 Å². The molecule has 1 aromatic carbocycles. The lowest BCUT2D eigenvalue weighted by Crippen LogP contribution is -2.20. The summed E-state index contributed by atoms with van der Waals surface area (Å²) in [7, 11) is 0. The van der Waals surface area contributed by atoms with Crippen LogP contribution in [0, 0.1) is 46.3 Å². The summed E-state index contributed by atoms with van der Waals surface area (Å²) in [6, 6.07) is 8.62. The van der Waals surface area contributed by atoms with E-state index in [1.165, 1.54) is 96.3 Å². The topological polar surface area (TPSA) is 56.8 Å². The van der Waals surface area contributed by atoms with Crippen LogP contribution in [0.15, 0.2) is 12.1 Å². The van der Waals surface area contributed by atoms with Crippen LogP contribution in [0.3, 0.4) is 0 Å². The molecule has 0 aromatic heterocycles. The zero-order valence-electron chi connectivity index (χ0n) is 23.2. The maximum Gasteiger partial charge on any atom is 0.138 e. The fourth-order valence-corrected chi connectivity index (χ4v) is 6.99. The van der Waals surface area contributed by atoms with Gasteiger partial charge in [-0.2, -0.15) is 10.5 Å². The average molecular weight is 491 g/mol. The zero-order chi connectivity index (χ0) is 25.6. The summed E-state index contributed by atoms with van der Waals surface area (Å²) < 4.78 is 6.08. The molecule has 198 valence electrons. The van der Waals surface area contributed by atoms with Gasteiger partial charge in [0.25, 0.3) is 0 Å². The van der Waals surface area contributed by atoms with E-state index in [1.807, 2.05) is 12.1 Å². The van der Waals surface area contributed by atoms with Crippen LogP contribution >= 0.6 is 0 Å². The predicted molar refractivity (Wildman–Crippen MR) is 149 cm³/mol. The Morgan fingerprint density at radius 3 is 2.03 bits per heavy atom. The average Bonchev–Trinajstić information content (AvgIpc) is 2.91. The largest absolute Gasteiger partial charge is 0.492 e. The number of unbranched alkanes of at least 4 members (excludes halogenated alkanes) is 2. The minimum absolute atomic E-state index is 0.441. The zero-order valence-corrected chi connectivity index (χ0v) is 23.2. The minimum atomic E-state index is 0.441. The van der Waals surface area contributed by atoms with Crippen molar-refractivity contribution in [2.75, 3.05) is 6.61 Å². The van der Waals surface area contributed by atoms with Crippen molar-refractivity contribution in [3.05, 3.63) is 28.8 Å². The number of hydrogen-bond donors (Lipinski definition) is 0. The molecule has 3 heteroatoms. The van der Waals surface area contributed by atoms with Crippen LogP contribution in [0.4, 0.5) is 0 Å². The molecule has 0 N–H and O–H groups in total. The van der Waals surface area contributed by atoms with Crippen molar-refractivity contribution < 1.29 is 4.74 Å².